The molecule has 2 aliphatic heterocycles. The van der Waals surface area contributed by atoms with Crippen molar-refractivity contribution in [1.82, 2.24) is 9.80 Å². The fourth-order valence-electron chi connectivity index (χ4n) is 2.48. The molecule has 80 valence electrons. The Morgan fingerprint density at radius 2 is 2.07 bits per heavy atom. The lowest BCUT2D eigenvalue weighted by atomic mass is 10.2. The summed E-state index contributed by atoms with van der Waals surface area (Å²) in [7, 11) is 0. The molecular formula is C9H18N4O. The highest BCUT2D eigenvalue weighted by molar-refractivity contribution is 5.77. The Hall–Kier alpha value is -0.970. The van der Waals surface area contributed by atoms with Gasteiger partial charge in [-0.2, -0.15) is 0 Å². The summed E-state index contributed by atoms with van der Waals surface area (Å²) in [4.78, 5) is 4.50. The summed E-state index contributed by atoms with van der Waals surface area (Å²) in [5, 5.41) is 11.7. The molecular weight excluding hydrogens is 180 g/mol. The van der Waals surface area contributed by atoms with Gasteiger partial charge in [0.2, 0.25) is 5.96 Å². The van der Waals surface area contributed by atoms with Gasteiger partial charge in [0.05, 0.1) is 0 Å². The zero-order valence-corrected chi connectivity index (χ0v) is 8.39. The van der Waals surface area contributed by atoms with Crippen molar-refractivity contribution in [3.8, 4) is 0 Å². The van der Waals surface area contributed by atoms with E-state index in [1.165, 1.54) is 19.4 Å². The molecule has 0 saturated carbocycles. The van der Waals surface area contributed by atoms with E-state index in [0.717, 1.165) is 26.1 Å². The SMILES string of the molecule is NC(=NO)N1CCCN2CCCC2C1. The van der Waals surface area contributed by atoms with Gasteiger partial charge in [0, 0.05) is 25.7 Å². The van der Waals surface area contributed by atoms with E-state index in [1.54, 1.807) is 0 Å². The predicted molar refractivity (Wildman–Crippen MR) is 54.2 cm³/mol. The summed E-state index contributed by atoms with van der Waals surface area (Å²) >= 11 is 0. The molecule has 2 aliphatic rings. The van der Waals surface area contributed by atoms with E-state index in [2.05, 4.69) is 10.1 Å². The monoisotopic (exact) mass is 198 g/mol. The number of rotatable bonds is 0. The van der Waals surface area contributed by atoms with Crippen molar-refractivity contribution < 1.29 is 5.21 Å². The molecule has 0 bridgehead atoms. The van der Waals surface area contributed by atoms with Gasteiger partial charge in [0.1, 0.15) is 0 Å². The van der Waals surface area contributed by atoms with Gasteiger partial charge in [0.15, 0.2) is 0 Å². The summed E-state index contributed by atoms with van der Waals surface area (Å²) in [5.41, 5.74) is 5.61. The molecule has 0 aliphatic carbocycles. The average Bonchev–Trinajstić information content (AvgIpc) is 2.54. The van der Waals surface area contributed by atoms with E-state index < -0.39 is 0 Å². The normalized spacial score (nSPS) is 30.1. The second-order valence-electron chi connectivity index (χ2n) is 4.09. The maximum Gasteiger partial charge on any atom is 0.233 e. The van der Waals surface area contributed by atoms with Gasteiger partial charge in [-0.15, -0.1) is 0 Å². The average molecular weight is 198 g/mol. The summed E-state index contributed by atoms with van der Waals surface area (Å²) in [5.74, 6) is 0.263. The van der Waals surface area contributed by atoms with Gasteiger partial charge in [-0.1, -0.05) is 5.16 Å². The number of guanidine groups is 1. The van der Waals surface area contributed by atoms with Crippen LogP contribution in [0.15, 0.2) is 5.16 Å². The zero-order valence-electron chi connectivity index (χ0n) is 8.39. The van der Waals surface area contributed by atoms with Gasteiger partial charge in [-0.3, -0.25) is 4.90 Å². The van der Waals surface area contributed by atoms with Crippen molar-refractivity contribution in [2.75, 3.05) is 26.2 Å². The van der Waals surface area contributed by atoms with Crippen LogP contribution in [0.5, 0.6) is 0 Å². The van der Waals surface area contributed by atoms with Crippen LogP contribution in [0.4, 0.5) is 0 Å². The third-order valence-corrected chi connectivity index (χ3v) is 3.23. The van der Waals surface area contributed by atoms with Gasteiger partial charge in [-0.25, -0.2) is 0 Å². The Kier molecular flexibility index (Phi) is 2.77. The van der Waals surface area contributed by atoms with Gasteiger partial charge < -0.3 is 15.8 Å². The number of fused-ring (bicyclic) bond motifs is 1. The Morgan fingerprint density at radius 1 is 1.29 bits per heavy atom. The lowest BCUT2D eigenvalue weighted by molar-refractivity contribution is 0.250. The van der Waals surface area contributed by atoms with Crippen LogP contribution in [0.3, 0.4) is 0 Å². The van der Waals surface area contributed by atoms with Crippen LogP contribution < -0.4 is 5.73 Å². The second kappa shape index (κ2) is 4.04. The summed E-state index contributed by atoms with van der Waals surface area (Å²) in [6.07, 6.45) is 3.64. The van der Waals surface area contributed by atoms with Crippen molar-refractivity contribution >= 4 is 5.96 Å². The molecule has 0 spiro atoms. The van der Waals surface area contributed by atoms with Crippen molar-refractivity contribution in [1.29, 1.82) is 0 Å². The molecule has 0 aromatic rings. The van der Waals surface area contributed by atoms with E-state index >= 15 is 0 Å². The topological polar surface area (TPSA) is 65.1 Å². The number of nitrogens with two attached hydrogens (primary N) is 1. The quantitative estimate of drug-likeness (QED) is 0.246. The Bertz CT molecular complexity index is 231. The Morgan fingerprint density at radius 3 is 2.86 bits per heavy atom. The third kappa shape index (κ3) is 1.77. The largest absolute Gasteiger partial charge is 0.408 e. The van der Waals surface area contributed by atoms with Crippen molar-refractivity contribution in [2.45, 2.75) is 25.3 Å². The highest BCUT2D eigenvalue weighted by Crippen LogP contribution is 2.20. The molecule has 2 heterocycles. The molecule has 5 heteroatoms. The maximum atomic E-state index is 8.63. The van der Waals surface area contributed by atoms with Gasteiger partial charge >= 0.3 is 0 Å². The fourth-order valence-corrected chi connectivity index (χ4v) is 2.48. The first kappa shape index (κ1) is 9.58. The lowest BCUT2D eigenvalue weighted by Gasteiger charge is -2.25. The molecule has 0 aromatic carbocycles. The molecule has 2 rings (SSSR count). The molecule has 2 fully saturated rings. The fraction of sp³-hybridized carbons (Fsp3) is 0.889. The molecule has 0 radical (unpaired) electrons. The summed E-state index contributed by atoms with van der Waals surface area (Å²) in [6, 6.07) is 0.609. The van der Waals surface area contributed by atoms with Crippen LogP contribution in [0, 0.1) is 0 Å². The number of oxime groups is 1. The lowest BCUT2D eigenvalue weighted by Crippen LogP contribution is -2.43. The first-order valence-corrected chi connectivity index (χ1v) is 5.28. The number of hydrogen-bond acceptors (Lipinski definition) is 3. The number of hydrogen-bond donors (Lipinski definition) is 2. The van der Waals surface area contributed by atoms with E-state index in [1.807, 2.05) is 4.90 Å². The standard InChI is InChI=1S/C9H18N4O/c10-9(11-14)13-6-2-5-12-4-1-3-8(12)7-13/h8,14H,1-7H2,(H2,10,11). The summed E-state index contributed by atoms with van der Waals surface area (Å²) in [6.45, 7) is 4.19. The van der Waals surface area contributed by atoms with E-state index in [4.69, 9.17) is 10.9 Å². The molecule has 2 saturated heterocycles. The van der Waals surface area contributed by atoms with Crippen LogP contribution in [0.1, 0.15) is 19.3 Å². The molecule has 5 nitrogen and oxygen atoms in total. The van der Waals surface area contributed by atoms with Crippen LogP contribution in [0.25, 0.3) is 0 Å². The molecule has 0 amide bonds. The van der Waals surface area contributed by atoms with Gasteiger partial charge in [0.25, 0.3) is 0 Å². The minimum atomic E-state index is 0.263. The smallest absolute Gasteiger partial charge is 0.233 e. The molecule has 14 heavy (non-hydrogen) atoms. The Balaban J connectivity index is 2.01. The maximum absolute atomic E-state index is 8.63. The minimum Gasteiger partial charge on any atom is -0.408 e. The van der Waals surface area contributed by atoms with Crippen molar-refractivity contribution in [3.05, 3.63) is 0 Å². The first-order chi connectivity index (χ1) is 6.81. The van der Waals surface area contributed by atoms with Crippen molar-refractivity contribution in [3.63, 3.8) is 0 Å². The van der Waals surface area contributed by atoms with Crippen LogP contribution >= 0.6 is 0 Å². The second-order valence-corrected chi connectivity index (χ2v) is 4.09. The van der Waals surface area contributed by atoms with Gasteiger partial charge in [-0.05, 0) is 25.8 Å². The highest BCUT2D eigenvalue weighted by Gasteiger charge is 2.29. The van der Waals surface area contributed by atoms with Crippen LogP contribution in [0.2, 0.25) is 0 Å². The molecule has 1 atom stereocenters. The van der Waals surface area contributed by atoms with E-state index in [9.17, 15) is 0 Å². The highest BCUT2D eigenvalue weighted by atomic mass is 16.4. The molecule has 0 aromatic heterocycles. The summed E-state index contributed by atoms with van der Waals surface area (Å²) < 4.78 is 0. The minimum absolute atomic E-state index is 0.263. The van der Waals surface area contributed by atoms with Crippen LogP contribution in [-0.2, 0) is 0 Å². The predicted octanol–water partition coefficient (Wildman–Crippen LogP) is -0.140. The van der Waals surface area contributed by atoms with Crippen LogP contribution in [-0.4, -0.2) is 53.2 Å². The number of nitrogens with zero attached hydrogens (tertiary/aromatic N) is 3. The third-order valence-electron chi connectivity index (χ3n) is 3.23. The van der Waals surface area contributed by atoms with Crippen molar-refractivity contribution in [2.24, 2.45) is 10.9 Å². The molecule has 1 unspecified atom stereocenters. The Labute approximate surface area is 84.2 Å². The van der Waals surface area contributed by atoms with E-state index in [-0.39, 0.29) is 5.96 Å². The molecule has 3 N–H and O–H groups in total. The van der Waals surface area contributed by atoms with E-state index in [0.29, 0.717) is 6.04 Å². The zero-order chi connectivity index (χ0) is 9.97. The first-order valence-electron chi connectivity index (χ1n) is 5.28.